The number of nitrogens with one attached hydrogen (secondary N) is 1. The maximum atomic E-state index is 12.5. The lowest BCUT2D eigenvalue weighted by molar-refractivity contribution is 0.0521. The number of benzene rings is 1. The van der Waals surface area contributed by atoms with Crippen molar-refractivity contribution in [3.8, 4) is 11.1 Å². The van der Waals surface area contributed by atoms with Gasteiger partial charge in [0.05, 0.1) is 6.61 Å². The standard InChI is InChI=1S/C14H13F2NO2/c1-2-19-14(18)12-11(7-8-17-12)9-3-5-10(6-4-9)13(15)16/h3-8,13,17H,2H2,1H3. The summed E-state index contributed by atoms with van der Waals surface area (Å²) >= 11 is 0. The second-order valence-corrected chi connectivity index (χ2v) is 3.91. The molecule has 100 valence electrons. The molecule has 1 aromatic heterocycles. The smallest absolute Gasteiger partial charge is 0.355 e. The molecule has 0 radical (unpaired) electrons. The number of aromatic nitrogens is 1. The topological polar surface area (TPSA) is 42.1 Å². The molecule has 0 spiro atoms. The van der Waals surface area contributed by atoms with Gasteiger partial charge in [0.2, 0.25) is 0 Å². The van der Waals surface area contributed by atoms with E-state index in [1.807, 2.05) is 0 Å². The second kappa shape index (κ2) is 5.65. The summed E-state index contributed by atoms with van der Waals surface area (Å²) in [4.78, 5) is 14.5. The zero-order chi connectivity index (χ0) is 13.8. The fraction of sp³-hybridized carbons (Fsp3) is 0.214. The predicted molar refractivity (Wildman–Crippen MR) is 67.1 cm³/mol. The third kappa shape index (κ3) is 2.81. The molecule has 2 aromatic rings. The Labute approximate surface area is 109 Å². The summed E-state index contributed by atoms with van der Waals surface area (Å²) in [5.41, 5.74) is 1.61. The number of H-pyrrole nitrogens is 1. The van der Waals surface area contributed by atoms with E-state index in [9.17, 15) is 13.6 Å². The fourth-order valence-corrected chi connectivity index (χ4v) is 1.79. The van der Waals surface area contributed by atoms with Crippen LogP contribution in [0.5, 0.6) is 0 Å². The molecule has 1 N–H and O–H groups in total. The number of rotatable bonds is 4. The van der Waals surface area contributed by atoms with Gasteiger partial charge in [0.15, 0.2) is 0 Å². The monoisotopic (exact) mass is 265 g/mol. The van der Waals surface area contributed by atoms with Gasteiger partial charge in [0, 0.05) is 17.3 Å². The molecule has 0 bridgehead atoms. The van der Waals surface area contributed by atoms with Crippen LogP contribution < -0.4 is 0 Å². The number of hydrogen-bond donors (Lipinski definition) is 1. The first-order valence-corrected chi connectivity index (χ1v) is 5.86. The Morgan fingerprint density at radius 2 is 1.95 bits per heavy atom. The van der Waals surface area contributed by atoms with E-state index in [1.54, 1.807) is 31.3 Å². The van der Waals surface area contributed by atoms with Crippen molar-refractivity contribution in [3.05, 3.63) is 47.8 Å². The van der Waals surface area contributed by atoms with Crippen LogP contribution in [0.15, 0.2) is 36.5 Å². The Morgan fingerprint density at radius 1 is 1.26 bits per heavy atom. The van der Waals surface area contributed by atoms with E-state index in [0.717, 1.165) is 0 Å². The molecule has 0 saturated heterocycles. The molecular weight excluding hydrogens is 252 g/mol. The second-order valence-electron chi connectivity index (χ2n) is 3.91. The van der Waals surface area contributed by atoms with Gasteiger partial charge >= 0.3 is 5.97 Å². The van der Waals surface area contributed by atoms with E-state index in [4.69, 9.17) is 4.74 Å². The number of aromatic amines is 1. The van der Waals surface area contributed by atoms with Crippen molar-refractivity contribution < 1.29 is 18.3 Å². The van der Waals surface area contributed by atoms with Gasteiger partial charge in [0.25, 0.3) is 6.43 Å². The van der Waals surface area contributed by atoms with Gasteiger partial charge < -0.3 is 9.72 Å². The number of hydrogen-bond acceptors (Lipinski definition) is 2. The van der Waals surface area contributed by atoms with Crippen LogP contribution in [0.1, 0.15) is 29.4 Å². The first-order valence-electron chi connectivity index (χ1n) is 5.86. The highest BCUT2D eigenvalue weighted by atomic mass is 19.3. The summed E-state index contributed by atoms with van der Waals surface area (Å²) in [6, 6.07) is 7.54. The lowest BCUT2D eigenvalue weighted by Gasteiger charge is -2.05. The van der Waals surface area contributed by atoms with Crippen molar-refractivity contribution in [1.29, 1.82) is 0 Å². The molecule has 0 aliphatic heterocycles. The minimum atomic E-state index is -2.50. The van der Waals surface area contributed by atoms with Gasteiger partial charge in [-0.15, -0.1) is 0 Å². The van der Waals surface area contributed by atoms with Gasteiger partial charge in [-0.1, -0.05) is 24.3 Å². The molecule has 1 heterocycles. The zero-order valence-corrected chi connectivity index (χ0v) is 10.3. The fourth-order valence-electron chi connectivity index (χ4n) is 1.79. The molecule has 0 unspecified atom stereocenters. The summed E-state index contributed by atoms with van der Waals surface area (Å²) in [6.07, 6.45) is -0.882. The highest BCUT2D eigenvalue weighted by Crippen LogP contribution is 2.26. The molecule has 2 rings (SSSR count). The van der Waals surface area contributed by atoms with Gasteiger partial charge in [-0.25, -0.2) is 13.6 Å². The zero-order valence-electron chi connectivity index (χ0n) is 10.3. The van der Waals surface area contributed by atoms with E-state index in [2.05, 4.69) is 4.98 Å². The number of alkyl halides is 2. The molecule has 0 amide bonds. The van der Waals surface area contributed by atoms with E-state index < -0.39 is 12.4 Å². The first kappa shape index (κ1) is 13.3. The SMILES string of the molecule is CCOC(=O)c1[nH]ccc1-c1ccc(C(F)F)cc1. The van der Waals surface area contributed by atoms with Crippen LogP contribution in [-0.4, -0.2) is 17.6 Å². The molecule has 3 nitrogen and oxygen atoms in total. The van der Waals surface area contributed by atoms with Crippen LogP contribution in [0.2, 0.25) is 0 Å². The molecule has 0 aliphatic carbocycles. The Morgan fingerprint density at radius 3 is 2.53 bits per heavy atom. The van der Waals surface area contributed by atoms with Crippen molar-refractivity contribution in [3.63, 3.8) is 0 Å². The highest BCUT2D eigenvalue weighted by molar-refractivity contribution is 5.95. The van der Waals surface area contributed by atoms with Gasteiger partial charge in [0.1, 0.15) is 5.69 Å². The van der Waals surface area contributed by atoms with Gasteiger partial charge in [-0.3, -0.25) is 0 Å². The highest BCUT2D eigenvalue weighted by Gasteiger charge is 2.15. The van der Waals surface area contributed by atoms with Crippen LogP contribution in [-0.2, 0) is 4.74 Å². The van der Waals surface area contributed by atoms with Crippen LogP contribution in [0.25, 0.3) is 11.1 Å². The summed E-state index contributed by atoms with van der Waals surface area (Å²) in [5.74, 6) is -0.458. The van der Waals surface area contributed by atoms with Crippen molar-refractivity contribution in [2.24, 2.45) is 0 Å². The predicted octanol–water partition coefficient (Wildman–Crippen LogP) is 3.80. The average molecular weight is 265 g/mol. The van der Waals surface area contributed by atoms with E-state index >= 15 is 0 Å². The van der Waals surface area contributed by atoms with Crippen LogP contribution in [0.3, 0.4) is 0 Å². The molecule has 0 fully saturated rings. The van der Waals surface area contributed by atoms with Crippen molar-refractivity contribution >= 4 is 5.97 Å². The van der Waals surface area contributed by atoms with E-state index in [1.165, 1.54) is 12.1 Å². The van der Waals surface area contributed by atoms with Crippen LogP contribution in [0, 0.1) is 0 Å². The maximum Gasteiger partial charge on any atom is 0.355 e. The largest absolute Gasteiger partial charge is 0.461 e. The summed E-state index contributed by atoms with van der Waals surface area (Å²) < 4.78 is 29.9. The Bertz CT molecular complexity index is 561. The Hall–Kier alpha value is -2.17. The molecule has 5 heteroatoms. The number of halogens is 2. The van der Waals surface area contributed by atoms with Crippen molar-refractivity contribution in [2.45, 2.75) is 13.3 Å². The van der Waals surface area contributed by atoms with Crippen molar-refractivity contribution in [1.82, 2.24) is 4.98 Å². The Balaban J connectivity index is 2.32. The Kier molecular flexibility index (Phi) is 3.94. The van der Waals surface area contributed by atoms with E-state index in [-0.39, 0.29) is 12.2 Å². The van der Waals surface area contributed by atoms with Gasteiger partial charge in [-0.05, 0) is 18.6 Å². The minimum Gasteiger partial charge on any atom is -0.461 e. The van der Waals surface area contributed by atoms with Gasteiger partial charge in [-0.2, -0.15) is 0 Å². The molecule has 1 aromatic carbocycles. The minimum absolute atomic E-state index is 0.0445. The third-order valence-electron chi connectivity index (χ3n) is 2.70. The number of carbonyl (C=O) groups excluding carboxylic acids is 1. The first-order chi connectivity index (χ1) is 9.13. The molecule has 19 heavy (non-hydrogen) atoms. The van der Waals surface area contributed by atoms with Crippen molar-refractivity contribution in [2.75, 3.05) is 6.61 Å². The summed E-state index contributed by atoms with van der Waals surface area (Å²) in [7, 11) is 0. The summed E-state index contributed by atoms with van der Waals surface area (Å²) in [6.45, 7) is 2.00. The third-order valence-corrected chi connectivity index (χ3v) is 2.70. The molecular formula is C14H13F2NO2. The number of esters is 1. The van der Waals surface area contributed by atoms with Crippen LogP contribution in [0.4, 0.5) is 8.78 Å². The normalized spacial score (nSPS) is 10.7. The lowest BCUT2D eigenvalue weighted by Crippen LogP contribution is -2.06. The molecule has 0 aliphatic rings. The lowest BCUT2D eigenvalue weighted by atomic mass is 10.0. The summed E-state index contributed by atoms with van der Waals surface area (Å²) in [5, 5.41) is 0. The molecule has 0 atom stereocenters. The average Bonchev–Trinajstić information content (AvgIpc) is 2.88. The van der Waals surface area contributed by atoms with E-state index in [0.29, 0.717) is 16.8 Å². The number of carbonyl (C=O) groups is 1. The maximum absolute atomic E-state index is 12.5. The molecule has 0 saturated carbocycles. The quantitative estimate of drug-likeness (QED) is 0.854. The van der Waals surface area contributed by atoms with Crippen LogP contribution >= 0.6 is 0 Å². The number of ether oxygens (including phenoxy) is 1.